The third-order valence-corrected chi connectivity index (χ3v) is 6.89. The first-order valence-electron chi connectivity index (χ1n) is 9.78. The minimum absolute atomic E-state index is 0.00691. The molecule has 1 aromatic heterocycles. The lowest BCUT2D eigenvalue weighted by Gasteiger charge is -2.37. The van der Waals surface area contributed by atoms with E-state index < -0.39 is 5.60 Å². The van der Waals surface area contributed by atoms with Gasteiger partial charge in [-0.15, -0.1) is 0 Å². The Balaban J connectivity index is 1.59. The molecule has 1 saturated carbocycles. The molecular weight excluding hydrogens is 382 g/mol. The van der Waals surface area contributed by atoms with Gasteiger partial charge in [-0.1, -0.05) is 36.0 Å². The normalized spacial score (nSPS) is 19.9. The number of hydrogen-bond donors (Lipinski definition) is 4. The number of hydrogen-bond acceptors (Lipinski definition) is 7. The van der Waals surface area contributed by atoms with Crippen LogP contribution < -0.4 is 5.32 Å². The van der Waals surface area contributed by atoms with Crippen molar-refractivity contribution in [1.29, 1.82) is 10.8 Å². The van der Waals surface area contributed by atoms with Crippen molar-refractivity contribution < 1.29 is 5.11 Å². The second-order valence-corrected chi connectivity index (χ2v) is 8.85. The molecule has 2 aliphatic rings. The highest BCUT2D eigenvalue weighted by atomic mass is 32.2. The predicted octanol–water partition coefficient (Wildman–Crippen LogP) is 4.92. The molecule has 4 N–H and O–H groups in total. The molecule has 0 saturated heterocycles. The minimum atomic E-state index is -0.646. The standard InChI is InChI=1S/C22H25N5OS/c1-12(13(2)23)17-18-19(29-20(17)24)21(26-11-25-18)27-14(3)15-5-7-16(8-6-15)22(28)9-4-10-22/h5-8,11,14,23-24,28H,4,9-10H2,1-3H3,(H,25,26,27)/b17-12-,23-13?,24-20?. The Hall–Kier alpha value is -2.51. The lowest BCUT2D eigenvalue weighted by molar-refractivity contribution is -0.0388. The minimum Gasteiger partial charge on any atom is -0.385 e. The summed E-state index contributed by atoms with van der Waals surface area (Å²) in [6.45, 7) is 5.65. The average Bonchev–Trinajstić information content (AvgIpc) is 3.02. The second-order valence-electron chi connectivity index (χ2n) is 7.83. The third kappa shape index (κ3) is 3.49. The van der Waals surface area contributed by atoms with Crippen LogP contribution in [0.2, 0.25) is 0 Å². The maximum atomic E-state index is 10.5. The second kappa shape index (κ2) is 7.39. The number of thioether (sulfide) groups is 1. The van der Waals surface area contributed by atoms with E-state index in [9.17, 15) is 5.11 Å². The van der Waals surface area contributed by atoms with Crippen LogP contribution in [0.25, 0.3) is 5.57 Å². The van der Waals surface area contributed by atoms with Crippen LogP contribution >= 0.6 is 11.8 Å². The van der Waals surface area contributed by atoms with Gasteiger partial charge in [-0.2, -0.15) is 0 Å². The van der Waals surface area contributed by atoms with Crippen LogP contribution in [0, 0.1) is 10.8 Å². The molecular formula is C22H25N5OS. The Morgan fingerprint density at radius 3 is 2.48 bits per heavy atom. The molecule has 7 heteroatoms. The summed E-state index contributed by atoms with van der Waals surface area (Å²) >= 11 is 1.33. The summed E-state index contributed by atoms with van der Waals surface area (Å²) in [5, 5.41) is 30.6. The lowest BCUT2D eigenvalue weighted by atomic mass is 9.75. The van der Waals surface area contributed by atoms with Gasteiger partial charge in [-0.25, -0.2) is 9.97 Å². The van der Waals surface area contributed by atoms with Gasteiger partial charge < -0.3 is 15.8 Å². The monoisotopic (exact) mass is 407 g/mol. The quantitative estimate of drug-likeness (QED) is 0.527. The van der Waals surface area contributed by atoms with E-state index in [-0.39, 0.29) is 6.04 Å². The summed E-state index contributed by atoms with van der Waals surface area (Å²) in [7, 11) is 0. The fraction of sp³-hybridized carbons (Fsp3) is 0.364. The fourth-order valence-electron chi connectivity index (χ4n) is 3.72. The molecule has 150 valence electrons. The lowest BCUT2D eigenvalue weighted by Crippen LogP contribution is -2.33. The van der Waals surface area contributed by atoms with Gasteiger partial charge in [0.1, 0.15) is 17.2 Å². The largest absolute Gasteiger partial charge is 0.385 e. The highest BCUT2D eigenvalue weighted by molar-refractivity contribution is 8.15. The van der Waals surface area contributed by atoms with Gasteiger partial charge in [0.25, 0.3) is 0 Å². The van der Waals surface area contributed by atoms with Gasteiger partial charge in [0.05, 0.1) is 16.2 Å². The molecule has 0 bridgehead atoms. The molecule has 0 spiro atoms. The maximum Gasteiger partial charge on any atom is 0.144 e. The summed E-state index contributed by atoms with van der Waals surface area (Å²) in [5.41, 5.74) is 4.08. The molecule has 6 nitrogen and oxygen atoms in total. The number of benzene rings is 1. The molecule has 1 fully saturated rings. The van der Waals surface area contributed by atoms with Crippen molar-refractivity contribution in [3.63, 3.8) is 0 Å². The molecule has 2 aromatic rings. The average molecular weight is 408 g/mol. The van der Waals surface area contributed by atoms with Crippen LogP contribution in [0.4, 0.5) is 5.82 Å². The number of aromatic nitrogens is 2. The van der Waals surface area contributed by atoms with Crippen LogP contribution in [0.15, 0.2) is 41.1 Å². The van der Waals surface area contributed by atoms with Crippen molar-refractivity contribution in [2.75, 3.05) is 5.32 Å². The topological polar surface area (TPSA) is 106 Å². The van der Waals surface area contributed by atoms with E-state index in [1.807, 2.05) is 31.2 Å². The van der Waals surface area contributed by atoms with Gasteiger partial charge >= 0.3 is 0 Å². The first-order valence-corrected chi connectivity index (χ1v) is 10.6. The van der Waals surface area contributed by atoms with E-state index >= 15 is 0 Å². The molecule has 1 aromatic carbocycles. The van der Waals surface area contributed by atoms with Gasteiger partial charge in [0.15, 0.2) is 0 Å². The molecule has 1 atom stereocenters. The van der Waals surface area contributed by atoms with E-state index in [2.05, 4.69) is 22.2 Å². The highest BCUT2D eigenvalue weighted by Crippen LogP contribution is 2.45. The molecule has 1 aliphatic heterocycles. The van der Waals surface area contributed by atoms with Crippen molar-refractivity contribution in [1.82, 2.24) is 9.97 Å². The van der Waals surface area contributed by atoms with Gasteiger partial charge in [0.2, 0.25) is 0 Å². The zero-order valence-electron chi connectivity index (χ0n) is 16.8. The molecule has 4 rings (SSSR count). The number of nitrogens with one attached hydrogen (secondary N) is 3. The summed E-state index contributed by atoms with van der Waals surface area (Å²) in [4.78, 5) is 9.64. The number of fused-ring (bicyclic) bond motifs is 1. The van der Waals surface area contributed by atoms with E-state index in [0.717, 1.165) is 46.6 Å². The Morgan fingerprint density at radius 2 is 1.90 bits per heavy atom. The number of aliphatic hydroxyl groups is 1. The third-order valence-electron chi connectivity index (χ3n) is 5.89. The summed E-state index contributed by atoms with van der Waals surface area (Å²) in [6.07, 6.45) is 4.26. The van der Waals surface area contributed by atoms with E-state index in [4.69, 9.17) is 10.8 Å². The van der Waals surface area contributed by atoms with E-state index in [0.29, 0.717) is 22.1 Å². The van der Waals surface area contributed by atoms with Crippen LogP contribution in [-0.4, -0.2) is 25.8 Å². The number of allylic oxidation sites excluding steroid dienone is 1. The van der Waals surface area contributed by atoms with Crippen molar-refractivity contribution in [2.45, 2.75) is 56.6 Å². The smallest absolute Gasteiger partial charge is 0.144 e. The molecule has 1 aliphatic carbocycles. The Bertz CT molecular complexity index is 1020. The van der Waals surface area contributed by atoms with Crippen molar-refractivity contribution in [2.24, 2.45) is 0 Å². The van der Waals surface area contributed by atoms with Gasteiger partial charge in [-0.05, 0) is 56.7 Å². The van der Waals surface area contributed by atoms with E-state index in [1.165, 1.54) is 18.1 Å². The van der Waals surface area contributed by atoms with Crippen molar-refractivity contribution in [3.05, 3.63) is 53.0 Å². The first-order chi connectivity index (χ1) is 13.8. The molecule has 1 unspecified atom stereocenters. The fourth-order valence-corrected chi connectivity index (χ4v) is 4.73. The first kappa shape index (κ1) is 19.8. The number of anilines is 1. The van der Waals surface area contributed by atoms with Crippen molar-refractivity contribution in [3.8, 4) is 0 Å². The van der Waals surface area contributed by atoms with Gasteiger partial charge in [-0.3, -0.25) is 5.41 Å². The van der Waals surface area contributed by atoms with E-state index in [1.54, 1.807) is 6.92 Å². The Kier molecular flexibility index (Phi) is 5.04. The molecule has 0 amide bonds. The molecule has 2 heterocycles. The zero-order chi connectivity index (χ0) is 20.8. The summed E-state index contributed by atoms with van der Waals surface area (Å²) < 4.78 is 0. The summed E-state index contributed by atoms with van der Waals surface area (Å²) in [6, 6.07) is 8.13. The Morgan fingerprint density at radius 1 is 1.21 bits per heavy atom. The predicted molar refractivity (Wildman–Crippen MR) is 118 cm³/mol. The number of nitrogens with zero attached hydrogens (tertiary/aromatic N) is 2. The van der Waals surface area contributed by atoms with Crippen molar-refractivity contribution >= 4 is 33.9 Å². The van der Waals surface area contributed by atoms with Crippen LogP contribution in [0.1, 0.15) is 62.9 Å². The van der Waals surface area contributed by atoms with Gasteiger partial charge in [0, 0.05) is 17.3 Å². The molecule has 29 heavy (non-hydrogen) atoms. The summed E-state index contributed by atoms with van der Waals surface area (Å²) in [5.74, 6) is 0.699. The SMILES string of the molecule is CC(=N)/C(C)=C1\C(=N)Sc2c(NC(C)c3ccc(C4(O)CCC4)cc3)ncnc21. The van der Waals surface area contributed by atoms with Crippen LogP contribution in [0.3, 0.4) is 0 Å². The highest BCUT2D eigenvalue weighted by Gasteiger charge is 2.36. The molecule has 0 radical (unpaired) electrons. The zero-order valence-corrected chi connectivity index (χ0v) is 17.7. The number of rotatable bonds is 5. The van der Waals surface area contributed by atoms with Crippen LogP contribution in [0.5, 0.6) is 0 Å². The maximum absolute atomic E-state index is 10.5. The Labute approximate surface area is 174 Å². The van der Waals surface area contributed by atoms with Crippen LogP contribution in [-0.2, 0) is 5.60 Å².